The second-order valence-corrected chi connectivity index (χ2v) is 3.72. The van der Waals surface area contributed by atoms with Crippen molar-refractivity contribution in [2.45, 2.75) is 12.5 Å². The zero-order valence-corrected chi connectivity index (χ0v) is 9.43. The van der Waals surface area contributed by atoms with E-state index in [4.69, 9.17) is 4.74 Å². The van der Waals surface area contributed by atoms with Crippen molar-refractivity contribution >= 4 is 17.6 Å². The molecule has 0 amide bonds. The van der Waals surface area contributed by atoms with Gasteiger partial charge in [-0.25, -0.2) is 9.59 Å². The Bertz CT molecular complexity index is 427. The zero-order chi connectivity index (χ0) is 12.3. The van der Waals surface area contributed by atoms with Crippen LogP contribution in [-0.4, -0.2) is 31.7 Å². The third kappa shape index (κ3) is 2.55. The molecule has 1 aromatic carbocycles. The molecule has 1 heterocycles. The Morgan fingerprint density at radius 2 is 2.12 bits per heavy atom. The Kier molecular flexibility index (Phi) is 3.27. The van der Waals surface area contributed by atoms with E-state index in [-0.39, 0.29) is 18.0 Å². The normalized spacial score (nSPS) is 18.6. The van der Waals surface area contributed by atoms with Gasteiger partial charge in [-0.1, -0.05) is 0 Å². The van der Waals surface area contributed by atoms with Crippen molar-refractivity contribution in [3.63, 3.8) is 0 Å². The van der Waals surface area contributed by atoms with Crippen molar-refractivity contribution in [2.24, 2.45) is 0 Å². The third-order valence-electron chi connectivity index (χ3n) is 2.58. The van der Waals surface area contributed by atoms with Crippen LogP contribution in [0, 0.1) is 0 Å². The van der Waals surface area contributed by atoms with Crippen molar-refractivity contribution in [3.05, 3.63) is 29.8 Å². The van der Waals surface area contributed by atoms with E-state index in [0.717, 1.165) is 5.69 Å². The molecule has 0 bridgehead atoms. The number of anilines is 1. The van der Waals surface area contributed by atoms with Crippen LogP contribution < -0.4 is 5.32 Å². The highest BCUT2D eigenvalue weighted by atomic mass is 16.5. The standard InChI is InChI=1S/C12H13NO4/c1-16-11(14)8-2-4-9(5-3-8)13-10-6-7-17-12(10)15/h2-5,10,13H,6-7H2,1H3. The van der Waals surface area contributed by atoms with Crippen LogP contribution in [0.3, 0.4) is 0 Å². The summed E-state index contributed by atoms with van der Waals surface area (Å²) in [6.07, 6.45) is 0.664. The lowest BCUT2D eigenvalue weighted by molar-refractivity contribution is -0.138. The number of nitrogens with one attached hydrogen (secondary N) is 1. The van der Waals surface area contributed by atoms with Gasteiger partial charge < -0.3 is 14.8 Å². The molecule has 0 spiro atoms. The minimum atomic E-state index is -0.378. The lowest BCUT2D eigenvalue weighted by Gasteiger charge is -2.10. The maximum atomic E-state index is 11.2. The van der Waals surface area contributed by atoms with Crippen molar-refractivity contribution in [2.75, 3.05) is 19.0 Å². The molecule has 1 fully saturated rings. The first-order chi connectivity index (χ1) is 8.20. The van der Waals surface area contributed by atoms with E-state index in [9.17, 15) is 9.59 Å². The summed E-state index contributed by atoms with van der Waals surface area (Å²) in [6, 6.07) is 6.47. The number of cyclic esters (lactones) is 1. The second kappa shape index (κ2) is 4.86. The van der Waals surface area contributed by atoms with Gasteiger partial charge in [0, 0.05) is 12.1 Å². The van der Waals surface area contributed by atoms with E-state index in [0.29, 0.717) is 18.6 Å². The number of carbonyl (C=O) groups is 2. The highest BCUT2D eigenvalue weighted by molar-refractivity contribution is 5.89. The molecule has 0 saturated carbocycles. The van der Waals surface area contributed by atoms with E-state index in [1.165, 1.54) is 7.11 Å². The van der Waals surface area contributed by atoms with Crippen LogP contribution in [0.4, 0.5) is 5.69 Å². The monoisotopic (exact) mass is 235 g/mol. The van der Waals surface area contributed by atoms with E-state index in [2.05, 4.69) is 10.1 Å². The van der Waals surface area contributed by atoms with Gasteiger partial charge in [-0.15, -0.1) is 0 Å². The van der Waals surface area contributed by atoms with Gasteiger partial charge in [0.1, 0.15) is 6.04 Å². The molecule has 1 unspecified atom stereocenters. The molecule has 5 nitrogen and oxygen atoms in total. The topological polar surface area (TPSA) is 64.6 Å². The van der Waals surface area contributed by atoms with Crippen molar-refractivity contribution in [1.29, 1.82) is 0 Å². The minimum Gasteiger partial charge on any atom is -0.465 e. The molecule has 0 radical (unpaired) electrons. The first kappa shape index (κ1) is 11.4. The van der Waals surface area contributed by atoms with Crippen LogP contribution >= 0.6 is 0 Å². The fraction of sp³-hybridized carbons (Fsp3) is 0.333. The average molecular weight is 235 g/mol. The predicted molar refractivity (Wildman–Crippen MR) is 60.8 cm³/mol. The van der Waals surface area contributed by atoms with Gasteiger partial charge in [-0.3, -0.25) is 0 Å². The van der Waals surface area contributed by atoms with Crippen LogP contribution in [0.1, 0.15) is 16.8 Å². The summed E-state index contributed by atoms with van der Waals surface area (Å²) in [5.74, 6) is -0.612. The number of ether oxygens (including phenoxy) is 2. The molecular weight excluding hydrogens is 222 g/mol. The number of methoxy groups -OCH3 is 1. The molecule has 1 atom stereocenters. The van der Waals surface area contributed by atoms with Crippen LogP contribution in [0.15, 0.2) is 24.3 Å². The van der Waals surface area contributed by atoms with Crippen LogP contribution in [0.25, 0.3) is 0 Å². The molecule has 1 aliphatic rings. The molecule has 90 valence electrons. The largest absolute Gasteiger partial charge is 0.465 e. The highest BCUT2D eigenvalue weighted by Gasteiger charge is 2.25. The van der Waals surface area contributed by atoms with Crippen LogP contribution in [0.2, 0.25) is 0 Å². The zero-order valence-electron chi connectivity index (χ0n) is 9.43. The minimum absolute atomic E-state index is 0.234. The Morgan fingerprint density at radius 3 is 2.65 bits per heavy atom. The number of hydrogen-bond donors (Lipinski definition) is 1. The van der Waals surface area contributed by atoms with Gasteiger partial charge in [0.2, 0.25) is 0 Å². The summed E-state index contributed by atoms with van der Waals surface area (Å²) in [7, 11) is 1.34. The van der Waals surface area contributed by atoms with Gasteiger partial charge in [-0.05, 0) is 24.3 Å². The first-order valence-electron chi connectivity index (χ1n) is 5.32. The smallest absolute Gasteiger partial charge is 0.337 e. The summed E-state index contributed by atoms with van der Waals surface area (Å²) in [6.45, 7) is 0.455. The number of hydrogen-bond acceptors (Lipinski definition) is 5. The van der Waals surface area contributed by atoms with Crippen LogP contribution in [-0.2, 0) is 14.3 Å². The fourth-order valence-corrected chi connectivity index (χ4v) is 1.65. The molecular formula is C12H13NO4. The van der Waals surface area contributed by atoms with Gasteiger partial charge in [0.15, 0.2) is 0 Å². The van der Waals surface area contributed by atoms with E-state index in [1.54, 1.807) is 24.3 Å². The molecule has 1 aliphatic heterocycles. The summed E-state index contributed by atoms with van der Waals surface area (Å²) < 4.78 is 9.43. The third-order valence-corrected chi connectivity index (χ3v) is 2.58. The van der Waals surface area contributed by atoms with Crippen LogP contribution in [0.5, 0.6) is 0 Å². The Morgan fingerprint density at radius 1 is 1.41 bits per heavy atom. The molecule has 5 heteroatoms. The van der Waals surface area contributed by atoms with Crippen molar-refractivity contribution in [3.8, 4) is 0 Å². The SMILES string of the molecule is COC(=O)c1ccc(NC2CCOC2=O)cc1. The molecule has 0 aromatic heterocycles. The molecule has 17 heavy (non-hydrogen) atoms. The number of esters is 2. The molecule has 1 aromatic rings. The quantitative estimate of drug-likeness (QED) is 0.797. The Labute approximate surface area is 98.7 Å². The molecule has 2 rings (SSSR count). The lowest BCUT2D eigenvalue weighted by atomic mass is 10.2. The summed E-state index contributed by atoms with van der Waals surface area (Å²) in [5.41, 5.74) is 1.26. The van der Waals surface area contributed by atoms with Gasteiger partial charge in [-0.2, -0.15) is 0 Å². The van der Waals surface area contributed by atoms with Crippen molar-refractivity contribution in [1.82, 2.24) is 0 Å². The Balaban J connectivity index is 2.03. The van der Waals surface area contributed by atoms with E-state index in [1.807, 2.05) is 0 Å². The lowest BCUT2D eigenvalue weighted by Crippen LogP contribution is -2.24. The second-order valence-electron chi connectivity index (χ2n) is 3.72. The van der Waals surface area contributed by atoms with Gasteiger partial charge >= 0.3 is 11.9 Å². The van der Waals surface area contributed by atoms with E-state index >= 15 is 0 Å². The summed E-state index contributed by atoms with van der Waals surface area (Å²) >= 11 is 0. The highest BCUT2D eigenvalue weighted by Crippen LogP contribution is 2.15. The van der Waals surface area contributed by atoms with Gasteiger partial charge in [0.05, 0.1) is 19.3 Å². The summed E-state index contributed by atoms with van der Waals surface area (Å²) in [5, 5.41) is 3.05. The molecule has 0 aliphatic carbocycles. The summed E-state index contributed by atoms with van der Waals surface area (Å²) in [4.78, 5) is 22.4. The first-order valence-corrected chi connectivity index (χ1v) is 5.32. The van der Waals surface area contributed by atoms with Crippen molar-refractivity contribution < 1.29 is 19.1 Å². The molecule has 1 saturated heterocycles. The number of rotatable bonds is 3. The predicted octanol–water partition coefficient (Wildman–Crippen LogP) is 1.20. The fourth-order valence-electron chi connectivity index (χ4n) is 1.65. The maximum absolute atomic E-state index is 11.2. The van der Waals surface area contributed by atoms with E-state index < -0.39 is 0 Å². The van der Waals surface area contributed by atoms with Gasteiger partial charge in [0.25, 0.3) is 0 Å². The average Bonchev–Trinajstić information content (AvgIpc) is 2.75. The Hall–Kier alpha value is -2.04. The maximum Gasteiger partial charge on any atom is 0.337 e. The number of carbonyl (C=O) groups excluding carboxylic acids is 2. The number of benzene rings is 1. The molecule has 1 N–H and O–H groups in total.